The molecular formula is C29H60O6. The number of carbonyl (C=O) groups excluding carboxylic acids is 1. The second-order valence-electron chi connectivity index (χ2n) is 10.1. The highest BCUT2D eigenvalue weighted by molar-refractivity contribution is 5.72. The van der Waals surface area contributed by atoms with Gasteiger partial charge in [-0.05, 0) is 19.3 Å². The van der Waals surface area contributed by atoms with Crippen LogP contribution in [0.4, 0.5) is 0 Å². The van der Waals surface area contributed by atoms with Crippen molar-refractivity contribution in [1.82, 2.24) is 0 Å². The molecule has 0 aliphatic heterocycles. The van der Waals surface area contributed by atoms with E-state index in [1.165, 1.54) is 83.5 Å². The zero-order valence-electron chi connectivity index (χ0n) is 23.4. The SMILES string of the molecule is CCCCCCCCCCCCCCCCOC(=O)C(CC)CCCC.OCC(CO)(CO)CO. The number of unbranched alkanes of at least 4 members (excludes halogenated alkanes) is 14. The van der Waals surface area contributed by atoms with Crippen molar-refractivity contribution in [2.24, 2.45) is 11.3 Å². The highest BCUT2D eigenvalue weighted by Crippen LogP contribution is 2.16. The van der Waals surface area contributed by atoms with Crippen LogP contribution in [0.3, 0.4) is 0 Å². The second kappa shape index (κ2) is 27.9. The van der Waals surface area contributed by atoms with Gasteiger partial charge in [-0.3, -0.25) is 4.79 Å². The first kappa shape index (κ1) is 36.5. The molecule has 1 atom stereocenters. The van der Waals surface area contributed by atoms with Gasteiger partial charge >= 0.3 is 5.97 Å². The zero-order chi connectivity index (χ0) is 26.6. The normalized spacial score (nSPS) is 12.2. The molecule has 0 aromatic carbocycles. The summed E-state index contributed by atoms with van der Waals surface area (Å²) in [6.07, 6.45) is 23.2. The fourth-order valence-corrected chi connectivity index (χ4v) is 3.83. The lowest BCUT2D eigenvalue weighted by Gasteiger charge is -2.23. The summed E-state index contributed by atoms with van der Waals surface area (Å²) in [4.78, 5) is 12.0. The number of hydrogen-bond donors (Lipinski definition) is 4. The van der Waals surface area contributed by atoms with Crippen molar-refractivity contribution in [3.05, 3.63) is 0 Å². The lowest BCUT2D eigenvalue weighted by molar-refractivity contribution is -0.149. The van der Waals surface area contributed by atoms with Crippen LogP contribution in [0.25, 0.3) is 0 Å². The standard InChI is InChI=1S/C24H48O2.C5H12O4/c1-4-7-9-10-11-12-13-14-15-16-17-18-19-20-22-26-24(25)23(6-3)21-8-5-2;6-1-5(2-7,3-8)4-9/h23H,4-22H2,1-3H3;6-9H,1-4H2. The summed E-state index contributed by atoms with van der Waals surface area (Å²) in [6, 6.07) is 0. The Bertz CT molecular complexity index is 408. The van der Waals surface area contributed by atoms with E-state index in [2.05, 4.69) is 20.8 Å². The van der Waals surface area contributed by atoms with Gasteiger partial charge in [0.05, 0.1) is 44.4 Å². The summed E-state index contributed by atoms with van der Waals surface area (Å²) in [5.41, 5.74) is -1.11. The highest BCUT2D eigenvalue weighted by Gasteiger charge is 2.26. The molecule has 0 aromatic heterocycles. The largest absolute Gasteiger partial charge is 0.465 e. The van der Waals surface area contributed by atoms with Crippen molar-refractivity contribution in [1.29, 1.82) is 0 Å². The number of carbonyl (C=O) groups is 1. The molecule has 0 amide bonds. The Morgan fingerprint density at radius 1 is 0.600 bits per heavy atom. The Morgan fingerprint density at radius 3 is 1.29 bits per heavy atom. The lowest BCUT2D eigenvalue weighted by atomic mass is 9.93. The van der Waals surface area contributed by atoms with Gasteiger partial charge in [0.2, 0.25) is 0 Å². The minimum Gasteiger partial charge on any atom is -0.465 e. The van der Waals surface area contributed by atoms with Gasteiger partial charge in [-0.2, -0.15) is 0 Å². The van der Waals surface area contributed by atoms with Crippen molar-refractivity contribution in [3.63, 3.8) is 0 Å². The molecule has 4 N–H and O–H groups in total. The van der Waals surface area contributed by atoms with Gasteiger partial charge in [0, 0.05) is 0 Å². The molecular weight excluding hydrogens is 444 g/mol. The van der Waals surface area contributed by atoms with Gasteiger partial charge < -0.3 is 25.2 Å². The van der Waals surface area contributed by atoms with E-state index in [4.69, 9.17) is 25.2 Å². The molecule has 0 saturated heterocycles. The van der Waals surface area contributed by atoms with Gasteiger partial charge in [-0.1, -0.05) is 117 Å². The van der Waals surface area contributed by atoms with Crippen LogP contribution in [0.1, 0.15) is 136 Å². The van der Waals surface area contributed by atoms with Gasteiger partial charge in [-0.15, -0.1) is 0 Å². The molecule has 0 bridgehead atoms. The van der Waals surface area contributed by atoms with Crippen molar-refractivity contribution < 1.29 is 30.0 Å². The molecule has 0 fully saturated rings. The number of ether oxygens (including phenoxy) is 1. The fourth-order valence-electron chi connectivity index (χ4n) is 3.83. The van der Waals surface area contributed by atoms with Gasteiger partial charge in [0.15, 0.2) is 0 Å². The molecule has 0 heterocycles. The summed E-state index contributed by atoms with van der Waals surface area (Å²) in [5, 5.41) is 34.0. The minimum absolute atomic E-state index is 0.0376. The maximum Gasteiger partial charge on any atom is 0.308 e. The van der Waals surface area contributed by atoms with Crippen molar-refractivity contribution in [3.8, 4) is 0 Å². The predicted octanol–water partition coefficient (Wildman–Crippen LogP) is 6.17. The third-order valence-corrected chi connectivity index (χ3v) is 6.82. The topological polar surface area (TPSA) is 107 Å². The quantitative estimate of drug-likeness (QED) is 0.0925. The molecule has 0 rings (SSSR count). The van der Waals surface area contributed by atoms with Gasteiger partial charge in [-0.25, -0.2) is 0 Å². The number of hydrogen-bond acceptors (Lipinski definition) is 6. The van der Waals surface area contributed by atoms with Crippen LogP contribution in [0.5, 0.6) is 0 Å². The van der Waals surface area contributed by atoms with Crippen molar-refractivity contribution >= 4 is 5.97 Å². The first-order valence-electron chi connectivity index (χ1n) is 14.6. The molecule has 35 heavy (non-hydrogen) atoms. The van der Waals surface area contributed by atoms with Crippen molar-refractivity contribution in [2.75, 3.05) is 33.0 Å². The van der Waals surface area contributed by atoms with Crippen LogP contribution in [-0.2, 0) is 9.53 Å². The summed E-state index contributed by atoms with van der Waals surface area (Å²) in [7, 11) is 0. The summed E-state index contributed by atoms with van der Waals surface area (Å²) in [5.74, 6) is 0.164. The van der Waals surface area contributed by atoms with Crippen LogP contribution < -0.4 is 0 Å². The molecule has 0 aliphatic carbocycles. The van der Waals surface area contributed by atoms with Crippen LogP contribution in [-0.4, -0.2) is 59.4 Å². The molecule has 0 aliphatic rings. The third-order valence-electron chi connectivity index (χ3n) is 6.82. The van der Waals surface area contributed by atoms with E-state index >= 15 is 0 Å². The maximum absolute atomic E-state index is 12.0. The van der Waals surface area contributed by atoms with E-state index in [0.717, 1.165) is 32.1 Å². The van der Waals surface area contributed by atoms with Gasteiger partial charge in [0.1, 0.15) is 0 Å². The van der Waals surface area contributed by atoms with Gasteiger partial charge in [0.25, 0.3) is 0 Å². The van der Waals surface area contributed by atoms with E-state index in [0.29, 0.717) is 6.61 Å². The van der Waals surface area contributed by atoms with E-state index in [1.54, 1.807) is 0 Å². The third kappa shape index (κ3) is 22.2. The summed E-state index contributed by atoms with van der Waals surface area (Å²) < 4.78 is 5.46. The maximum atomic E-state index is 12.0. The Morgan fingerprint density at radius 2 is 0.971 bits per heavy atom. The monoisotopic (exact) mass is 504 g/mol. The summed E-state index contributed by atoms with van der Waals surface area (Å²) in [6.45, 7) is 5.54. The van der Waals surface area contributed by atoms with Crippen molar-refractivity contribution in [2.45, 2.75) is 136 Å². The Hall–Kier alpha value is -0.690. The van der Waals surface area contributed by atoms with E-state index in [1.807, 2.05) is 0 Å². The number of aliphatic hydroxyl groups excluding tert-OH is 4. The summed E-state index contributed by atoms with van der Waals surface area (Å²) >= 11 is 0. The lowest BCUT2D eigenvalue weighted by Crippen LogP contribution is -2.37. The average Bonchev–Trinajstić information content (AvgIpc) is 2.89. The van der Waals surface area contributed by atoms with E-state index < -0.39 is 31.8 Å². The predicted molar refractivity (Wildman–Crippen MR) is 145 cm³/mol. The molecule has 1 unspecified atom stereocenters. The van der Waals surface area contributed by atoms with Crippen LogP contribution >= 0.6 is 0 Å². The molecule has 0 radical (unpaired) electrons. The van der Waals surface area contributed by atoms with Crippen LogP contribution in [0, 0.1) is 11.3 Å². The Kier molecular flexibility index (Phi) is 29.1. The molecule has 212 valence electrons. The molecule has 0 aromatic rings. The first-order chi connectivity index (χ1) is 17.0. The van der Waals surface area contributed by atoms with E-state index in [-0.39, 0.29) is 11.9 Å². The van der Waals surface area contributed by atoms with Crippen LogP contribution in [0.15, 0.2) is 0 Å². The Balaban J connectivity index is 0. The second-order valence-corrected chi connectivity index (χ2v) is 10.1. The first-order valence-corrected chi connectivity index (χ1v) is 14.6. The molecule has 6 nitrogen and oxygen atoms in total. The Labute approximate surface area is 216 Å². The number of rotatable bonds is 24. The fraction of sp³-hybridized carbons (Fsp3) is 0.966. The number of aliphatic hydroxyl groups is 4. The smallest absolute Gasteiger partial charge is 0.308 e. The average molecular weight is 505 g/mol. The minimum atomic E-state index is -1.11. The van der Waals surface area contributed by atoms with E-state index in [9.17, 15) is 4.79 Å². The molecule has 6 heteroatoms. The molecule has 0 saturated carbocycles. The zero-order valence-corrected chi connectivity index (χ0v) is 23.4. The van der Waals surface area contributed by atoms with Crippen LogP contribution in [0.2, 0.25) is 0 Å². The highest BCUT2D eigenvalue weighted by atomic mass is 16.5. The number of esters is 1. The molecule has 0 spiro atoms.